The molecule has 0 spiro atoms. The predicted octanol–water partition coefficient (Wildman–Crippen LogP) is -1.16. The van der Waals surface area contributed by atoms with Crippen LogP contribution in [-0.4, -0.2) is 45.8 Å². The second kappa shape index (κ2) is 4.31. The van der Waals surface area contributed by atoms with Gasteiger partial charge in [-0.2, -0.15) is 0 Å². The number of aliphatic hydroxyl groups excluding tert-OH is 2. The zero-order valence-electron chi connectivity index (χ0n) is 10.2. The molecule has 3 rings (SSSR count). The highest BCUT2D eigenvalue weighted by Gasteiger charge is 2.58. The minimum Gasteiger partial charge on any atom is -0.399 e. The van der Waals surface area contributed by atoms with Crippen LogP contribution in [0.5, 0.6) is 0 Å². The number of nitrogens with zero attached hydrogens (tertiary/aromatic N) is 1. The van der Waals surface area contributed by atoms with E-state index >= 15 is 0 Å². The second-order valence-corrected chi connectivity index (χ2v) is 4.97. The standard InChI is InChI=1S/C12H16N2O5/c13-7-1-3-14(8(16)5-7)11-9(17)10-12(6-15,19-11)2-4-18-10/h1,3,5,9-11,15,17H,2,4,6,13H2/t9?,10?,11-,12?/m1/s1. The number of hydrogen-bond acceptors (Lipinski definition) is 6. The van der Waals surface area contributed by atoms with Crippen LogP contribution in [0.2, 0.25) is 0 Å². The van der Waals surface area contributed by atoms with Crippen molar-refractivity contribution in [2.24, 2.45) is 0 Å². The van der Waals surface area contributed by atoms with Crippen LogP contribution in [0.4, 0.5) is 5.69 Å². The quantitative estimate of drug-likeness (QED) is 0.624. The van der Waals surface area contributed by atoms with Crippen molar-refractivity contribution in [3.63, 3.8) is 0 Å². The molecule has 0 radical (unpaired) electrons. The Kier molecular flexibility index (Phi) is 2.86. The van der Waals surface area contributed by atoms with Crippen LogP contribution in [-0.2, 0) is 9.47 Å². The van der Waals surface area contributed by atoms with E-state index in [4.69, 9.17) is 15.2 Å². The van der Waals surface area contributed by atoms with E-state index < -0.39 is 24.0 Å². The minimum absolute atomic E-state index is 0.255. The monoisotopic (exact) mass is 268 g/mol. The molecule has 2 aliphatic heterocycles. The van der Waals surface area contributed by atoms with Gasteiger partial charge in [0.15, 0.2) is 6.23 Å². The van der Waals surface area contributed by atoms with Crippen molar-refractivity contribution < 1.29 is 19.7 Å². The molecule has 0 bridgehead atoms. The van der Waals surface area contributed by atoms with E-state index in [1.807, 2.05) is 0 Å². The van der Waals surface area contributed by atoms with Crippen LogP contribution < -0.4 is 11.3 Å². The molecule has 0 aliphatic carbocycles. The first kappa shape index (κ1) is 12.6. The second-order valence-electron chi connectivity index (χ2n) is 4.97. The summed E-state index contributed by atoms with van der Waals surface area (Å²) in [6.07, 6.45) is -0.531. The Morgan fingerprint density at radius 1 is 1.58 bits per heavy atom. The minimum atomic E-state index is -1.00. The van der Waals surface area contributed by atoms with Crippen LogP contribution in [0.3, 0.4) is 0 Å². The topological polar surface area (TPSA) is 107 Å². The smallest absolute Gasteiger partial charge is 0.254 e. The van der Waals surface area contributed by atoms with Crippen LogP contribution in [0.15, 0.2) is 23.1 Å². The van der Waals surface area contributed by atoms with Crippen molar-refractivity contribution in [3.05, 3.63) is 28.7 Å². The van der Waals surface area contributed by atoms with Gasteiger partial charge in [0.05, 0.1) is 13.2 Å². The van der Waals surface area contributed by atoms with Gasteiger partial charge in [0.1, 0.15) is 17.8 Å². The third-order valence-corrected chi connectivity index (χ3v) is 3.81. The molecule has 2 saturated heterocycles. The highest BCUT2D eigenvalue weighted by molar-refractivity contribution is 5.34. The number of rotatable bonds is 2. The van der Waals surface area contributed by atoms with Gasteiger partial charge in [0.25, 0.3) is 5.56 Å². The summed E-state index contributed by atoms with van der Waals surface area (Å²) in [7, 11) is 0. The Morgan fingerprint density at radius 3 is 3.00 bits per heavy atom. The summed E-state index contributed by atoms with van der Waals surface area (Å²) in [5.74, 6) is 0. The van der Waals surface area contributed by atoms with Gasteiger partial charge in [-0.1, -0.05) is 0 Å². The fraction of sp³-hybridized carbons (Fsp3) is 0.583. The lowest BCUT2D eigenvalue weighted by molar-refractivity contribution is -0.110. The molecule has 2 fully saturated rings. The first-order chi connectivity index (χ1) is 9.07. The number of anilines is 1. The van der Waals surface area contributed by atoms with Crippen molar-refractivity contribution >= 4 is 5.69 Å². The number of nitrogens with two attached hydrogens (primary N) is 1. The van der Waals surface area contributed by atoms with Gasteiger partial charge in [-0.3, -0.25) is 9.36 Å². The van der Waals surface area contributed by atoms with Crippen LogP contribution >= 0.6 is 0 Å². The summed E-state index contributed by atoms with van der Waals surface area (Å²) in [6, 6.07) is 2.81. The summed E-state index contributed by atoms with van der Waals surface area (Å²) in [5.41, 5.74) is 4.58. The fourth-order valence-electron chi connectivity index (χ4n) is 2.79. The zero-order valence-corrected chi connectivity index (χ0v) is 10.2. The third-order valence-electron chi connectivity index (χ3n) is 3.81. The number of aliphatic hydroxyl groups is 2. The van der Waals surface area contributed by atoms with E-state index in [2.05, 4.69) is 0 Å². The molecule has 0 amide bonds. The number of hydrogen-bond donors (Lipinski definition) is 3. The van der Waals surface area contributed by atoms with Crippen molar-refractivity contribution in [2.45, 2.75) is 30.5 Å². The summed E-state index contributed by atoms with van der Waals surface area (Å²) >= 11 is 0. The first-order valence-electron chi connectivity index (χ1n) is 6.13. The number of ether oxygens (including phenoxy) is 2. The van der Waals surface area contributed by atoms with Gasteiger partial charge < -0.3 is 25.4 Å². The summed E-state index contributed by atoms with van der Waals surface area (Å²) in [5, 5.41) is 19.7. The molecular formula is C12H16N2O5. The Hall–Kier alpha value is -1.41. The van der Waals surface area contributed by atoms with Crippen LogP contribution in [0, 0.1) is 0 Å². The lowest BCUT2D eigenvalue weighted by atomic mass is 9.95. The van der Waals surface area contributed by atoms with Crippen molar-refractivity contribution in [3.8, 4) is 0 Å². The lowest BCUT2D eigenvalue weighted by Crippen LogP contribution is -2.42. The third kappa shape index (κ3) is 1.78. The van der Waals surface area contributed by atoms with Crippen molar-refractivity contribution in [1.29, 1.82) is 0 Å². The molecule has 3 unspecified atom stereocenters. The van der Waals surface area contributed by atoms with Gasteiger partial charge in [0, 0.05) is 24.4 Å². The molecule has 0 saturated carbocycles. The van der Waals surface area contributed by atoms with E-state index in [0.717, 1.165) is 0 Å². The molecule has 0 aromatic carbocycles. The number of aromatic nitrogens is 1. The number of nitrogen functional groups attached to an aromatic ring is 1. The Morgan fingerprint density at radius 2 is 2.37 bits per heavy atom. The van der Waals surface area contributed by atoms with Gasteiger partial charge in [-0.15, -0.1) is 0 Å². The van der Waals surface area contributed by atoms with E-state index in [0.29, 0.717) is 18.7 Å². The maximum Gasteiger partial charge on any atom is 0.254 e. The number of fused-ring (bicyclic) bond motifs is 1. The van der Waals surface area contributed by atoms with Crippen molar-refractivity contribution in [2.75, 3.05) is 18.9 Å². The summed E-state index contributed by atoms with van der Waals surface area (Å²) in [6.45, 7) is 0.167. The highest BCUT2D eigenvalue weighted by Crippen LogP contribution is 2.44. The Bertz CT molecular complexity index is 545. The van der Waals surface area contributed by atoms with Crippen LogP contribution in [0.25, 0.3) is 0 Å². The lowest BCUT2D eigenvalue weighted by Gasteiger charge is -2.24. The SMILES string of the molecule is Nc1ccn([C@@H]2OC3(CO)CCOC3C2O)c(=O)c1. The maximum atomic E-state index is 11.9. The molecule has 7 heteroatoms. The van der Waals surface area contributed by atoms with E-state index in [1.54, 1.807) is 6.07 Å². The normalized spacial score (nSPS) is 37.5. The van der Waals surface area contributed by atoms with Crippen molar-refractivity contribution in [1.82, 2.24) is 4.57 Å². The van der Waals surface area contributed by atoms with Crippen LogP contribution in [0.1, 0.15) is 12.6 Å². The first-order valence-corrected chi connectivity index (χ1v) is 6.13. The van der Waals surface area contributed by atoms with E-state index in [9.17, 15) is 15.0 Å². The molecule has 19 heavy (non-hydrogen) atoms. The predicted molar refractivity (Wildman–Crippen MR) is 65.4 cm³/mol. The largest absolute Gasteiger partial charge is 0.399 e. The molecule has 104 valence electrons. The van der Waals surface area contributed by atoms with E-state index in [1.165, 1.54) is 16.8 Å². The summed E-state index contributed by atoms with van der Waals surface area (Å²) < 4.78 is 12.4. The molecule has 4 N–H and O–H groups in total. The van der Waals surface area contributed by atoms with Gasteiger partial charge in [-0.05, 0) is 6.07 Å². The molecular weight excluding hydrogens is 252 g/mol. The summed E-state index contributed by atoms with van der Waals surface area (Å²) in [4.78, 5) is 11.9. The molecule has 1 aromatic heterocycles. The Balaban J connectivity index is 1.97. The molecule has 7 nitrogen and oxygen atoms in total. The van der Waals surface area contributed by atoms with Gasteiger partial charge in [-0.25, -0.2) is 0 Å². The average molecular weight is 268 g/mol. The molecule has 1 aromatic rings. The zero-order chi connectivity index (χ0) is 13.6. The Labute approximate surface area is 109 Å². The van der Waals surface area contributed by atoms with E-state index in [-0.39, 0.29) is 12.2 Å². The average Bonchev–Trinajstić information content (AvgIpc) is 2.90. The fourth-order valence-corrected chi connectivity index (χ4v) is 2.79. The number of pyridine rings is 1. The molecule has 4 atom stereocenters. The van der Waals surface area contributed by atoms with Gasteiger partial charge in [0.2, 0.25) is 0 Å². The molecule has 2 aliphatic rings. The highest BCUT2D eigenvalue weighted by atomic mass is 16.6. The van der Waals surface area contributed by atoms with Gasteiger partial charge >= 0.3 is 0 Å². The molecule has 3 heterocycles. The maximum absolute atomic E-state index is 11.9.